The molecule has 130 valence electrons. The number of rotatable bonds is 5. The standard InChI is InChI=1S/C20H22N2O2S/c23-19-5-1-2-12-21(19)16-8-6-15(7-9-16)20(24)22(17-10-11-17)14-18-4-3-13-25-18/h3-4,6-9,13,17H,1-2,5,10-12,14H2. The van der Waals surface area contributed by atoms with Crippen LogP contribution >= 0.6 is 11.3 Å². The van der Waals surface area contributed by atoms with Crippen LogP contribution in [-0.4, -0.2) is 29.3 Å². The van der Waals surface area contributed by atoms with E-state index >= 15 is 0 Å². The maximum absolute atomic E-state index is 13.0. The molecular weight excluding hydrogens is 332 g/mol. The van der Waals surface area contributed by atoms with Crippen LogP contribution in [0.4, 0.5) is 5.69 Å². The van der Waals surface area contributed by atoms with E-state index in [0.29, 0.717) is 24.6 Å². The summed E-state index contributed by atoms with van der Waals surface area (Å²) in [5, 5.41) is 2.05. The Hall–Kier alpha value is -2.14. The zero-order valence-electron chi connectivity index (χ0n) is 14.2. The summed E-state index contributed by atoms with van der Waals surface area (Å²) in [4.78, 5) is 30.1. The number of thiophene rings is 1. The molecule has 0 atom stereocenters. The predicted molar refractivity (Wildman–Crippen MR) is 99.9 cm³/mol. The van der Waals surface area contributed by atoms with E-state index in [1.54, 1.807) is 11.3 Å². The van der Waals surface area contributed by atoms with E-state index in [-0.39, 0.29) is 11.8 Å². The van der Waals surface area contributed by atoms with Gasteiger partial charge < -0.3 is 9.80 Å². The molecule has 0 radical (unpaired) electrons. The number of benzene rings is 1. The first-order valence-electron chi connectivity index (χ1n) is 8.96. The molecular formula is C20H22N2O2S. The summed E-state index contributed by atoms with van der Waals surface area (Å²) in [5.41, 5.74) is 1.61. The van der Waals surface area contributed by atoms with E-state index < -0.39 is 0 Å². The fourth-order valence-corrected chi connectivity index (χ4v) is 4.05. The van der Waals surface area contributed by atoms with Gasteiger partial charge in [-0.05, 0) is 61.4 Å². The average molecular weight is 354 g/mol. The normalized spacial score (nSPS) is 17.6. The molecule has 0 bridgehead atoms. The molecule has 2 aliphatic rings. The molecule has 4 rings (SSSR count). The first-order valence-corrected chi connectivity index (χ1v) is 9.84. The lowest BCUT2D eigenvalue weighted by Gasteiger charge is -2.27. The molecule has 0 N–H and O–H groups in total. The van der Waals surface area contributed by atoms with Crippen molar-refractivity contribution in [3.05, 3.63) is 52.2 Å². The third-order valence-corrected chi connectivity index (χ3v) is 5.77. The van der Waals surface area contributed by atoms with Crippen LogP contribution < -0.4 is 4.90 Å². The van der Waals surface area contributed by atoms with E-state index in [1.807, 2.05) is 40.1 Å². The van der Waals surface area contributed by atoms with Gasteiger partial charge in [0.15, 0.2) is 0 Å². The monoisotopic (exact) mass is 354 g/mol. The second-order valence-electron chi connectivity index (χ2n) is 6.79. The van der Waals surface area contributed by atoms with Crippen molar-refractivity contribution in [3.63, 3.8) is 0 Å². The molecule has 2 heterocycles. The van der Waals surface area contributed by atoms with E-state index in [0.717, 1.165) is 37.9 Å². The molecule has 1 saturated carbocycles. The van der Waals surface area contributed by atoms with Crippen LogP contribution in [0.5, 0.6) is 0 Å². The smallest absolute Gasteiger partial charge is 0.254 e. The number of nitrogens with zero attached hydrogens (tertiary/aromatic N) is 2. The van der Waals surface area contributed by atoms with E-state index in [2.05, 4.69) is 11.4 Å². The highest BCUT2D eigenvalue weighted by Crippen LogP contribution is 2.31. The van der Waals surface area contributed by atoms with Crippen LogP contribution in [0.15, 0.2) is 41.8 Å². The van der Waals surface area contributed by atoms with Crippen LogP contribution in [0.2, 0.25) is 0 Å². The largest absolute Gasteiger partial charge is 0.331 e. The van der Waals surface area contributed by atoms with E-state index in [4.69, 9.17) is 0 Å². The van der Waals surface area contributed by atoms with Crippen molar-refractivity contribution in [2.24, 2.45) is 0 Å². The summed E-state index contributed by atoms with van der Waals surface area (Å²) in [6, 6.07) is 12.0. The molecule has 1 aromatic heterocycles. The maximum atomic E-state index is 13.0. The lowest BCUT2D eigenvalue weighted by Crippen LogP contribution is -2.35. The molecule has 0 unspecified atom stereocenters. The number of carbonyl (C=O) groups is 2. The number of hydrogen-bond acceptors (Lipinski definition) is 3. The molecule has 2 amide bonds. The minimum Gasteiger partial charge on any atom is -0.331 e. The second-order valence-corrected chi connectivity index (χ2v) is 7.83. The van der Waals surface area contributed by atoms with Gasteiger partial charge in [-0.2, -0.15) is 0 Å². The van der Waals surface area contributed by atoms with Gasteiger partial charge in [-0.25, -0.2) is 0 Å². The van der Waals surface area contributed by atoms with Crippen LogP contribution in [0, 0.1) is 0 Å². The van der Waals surface area contributed by atoms with Crippen molar-refractivity contribution in [2.75, 3.05) is 11.4 Å². The summed E-state index contributed by atoms with van der Waals surface area (Å²) in [7, 11) is 0. The summed E-state index contributed by atoms with van der Waals surface area (Å²) < 4.78 is 0. The van der Waals surface area contributed by atoms with Gasteiger partial charge >= 0.3 is 0 Å². The Labute approximate surface area is 152 Å². The Bertz CT molecular complexity index is 751. The molecule has 2 aromatic rings. The lowest BCUT2D eigenvalue weighted by molar-refractivity contribution is -0.119. The molecule has 5 heteroatoms. The van der Waals surface area contributed by atoms with Crippen molar-refractivity contribution >= 4 is 28.8 Å². The Morgan fingerprint density at radius 1 is 1.16 bits per heavy atom. The molecule has 25 heavy (non-hydrogen) atoms. The van der Waals surface area contributed by atoms with Gasteiger partial charge in [0.1, 0.15) is 0 Å². The Balaban J connectivity index is 1.50. The fourth-order valence-electron chi connectivity index (χ4n) is 3.35. The molecule has 1 aromatic carbocycles. The summed E-state index contributed by atoms with van der Waals surface area (Å²) in [5.74, 6) is 0.273. The number of amides is 2. The molecule has 0 spiro atoms. The maximum Gasteiger partial charge on any atom is 0.254 e. The van der Waals surface area contributed by atoms with Crippen LogP contribution in [0.3, 0.4) is 0 Å². The molecule has 1 aliphatic heterocycles. The van der Waals surface area contributed by atoms with Gasteiger partial charge in [-0.1, -0.05) is 6.07 Å². The third kappa shape index (κ3) is 3.61. The summed E-state index contributed by atoms with van der Waals surface area (Å²) in [6.07, 6.45) is 4.83. The van der Waals surface area contributed by atoms with Gasteiger partial charge in [-0.3, -0.25) is 9.59 Å². The van der Waals surface area contributed by atoms with Crippen molar-refractivity contribution in [1.82, 2.24) is 4.90 Å². The SMILES string of the molecule is O=C1CCCCN1c1ccc(C(=O)N(Cc2cccs2)C2CC2)cc1. The Kier molecular flexibility index (Phi) is 4.57. The van der Waals surface area contributed by atoms with E-state index in [9.17, 15) is 9.59 Å². The number of anilines is 1. The predicted octanol–water partition coefficient (Wildman–Crippen LogP) is 4.07. The first kappa shape index (κ1) is 16.3. The highest BCUT2D eigenvalue weighted by Gasteiger charge is 2.33. The van der Waals surface area contributed by atoms with Crippen molar-refractivity contribution in [3.8, 4) is 0 Å². The van der Waals surface area contributed by atoms with Gasteiger partial charge in [0.25, 0.3) is 5.91 Å². The molecule has 1 aliphatic carbocycles. The Morgan fingerprint density at radius 3 is 2.60 bits per heavy atom. The van der Waals surface area contributed by atoms with Gasteiger partial charge in [-0.15, -0.1) is 11.3 Å². The zero-order chi connectivity index (χ0) is 17.2. The van der Waals surface area contributed by atoms with Crippen LogP contribution in [0.1, 0.15) is 47.3 Å². The minimum absolute atomic E-state index is 0.0902. The van der Waals surface area contributed by atoms with Crippen molar-refractivity contribution < 1.29 is 9.59 Å². The zero-order valence-corrected chi connectivity index (χ0v) is 15.0. The quantitative estimate of drug-likeness (QED) is 0.812. The van der Waals surface area contributed by atoms with Gasteiger partial charge in [0, 0.05) is 35.1 Å². The minimum atomic E-state index is 0.0902. The van der Waals surface area contributed by atoms with Crippen LogP contribution in [0.25, 0.3) is 0 Å². The van der Waals surface area contributed by atoms with Crippen LogP contribution in [-0.2, 0) is 11.3 Å². The highest BCUT2D eigenvalue weighted by molar-refractivity contribution is 7.09. The molecule has 4 nitrogen and oxygen atoms in total. The summed E-state index contributed by atoms with van der Waals surface area (Å²) >= 11 is 1.69. The second kappa shape index (κ2) is 7.00. The average Bonchev–Trinajstić information content (AvgIpc) is 3.35. The van der Waals surface area contributed by atoms with Gasteiger partial charge in [0.2, 0.25) is 5.91 Å². The van der Waals surface area contributed by atoms with Gasteiger partial charge in [0.05, 0.1) is 6.54 Å². The molecule has 1 saturated heterocycles. The summed E-state index contributed by atoms with van der Waals surface area (Å²) in [6.45, 7) is 1.46. The number of piperidine rings is 1. The molecule has 2 fully saturated rings. The van der Waals surface area contributed by atoms with Crippen molar-refractivity contribution in [1.29, 1.82) is 0 Å². The Morgan fingerprint density at radius 2 is 1.96 bits per heavy atom. The fraction of sp³-hybridized carbons (Fsp3) is 0.400. The number of carbonyl (C=O) groups excluding carboxylic acids is 2. The lowest BCUT2D eigenvalue weighted by atomic mass is 10.1. The third-order valence-electron chi connectivity index (χ3n) is 4.90. The first-order chi connectivity index (χ1) is 12.2. The van der Waals surface area contributed by atoms with E-state index in [1.165, 1.54) is 4.88 Å². The highest BCUT2D eigenvalue weighted by atomic mass is 32.1. The number of hydrogen-bond donors (Lipinski definition) is 0. The topological polar surface area (TPSA) is 40.6 Å². The van der Waals surface area contributed by atoms with Crippen molar-refractivity contribution in [2.45, 2.75) is 44.7 Å².